The quantitative estimate of drug-likeness (QED) is 0.544. The van der Waals surface area contributed by atoms with Crippen LogP contribution in [0.15, 0.2) is 59.3 Å². The lowest BCUT2D eigenvalue weighted by Crippen LogP contribution is -2.14. The number of fused-ring (bicyclic) bond motifs is 1. The smallest absolute Gasteiger partial charge is 0.231 e. The van der Waals surface area contributed by atoms with E-state index in [2.05, 4.69) is 70.6 Å². The van der Waals surface area contributed by atoms with Crippen molar-refractivity contribution in [1.29, 1.82) is 0 Å². The molecule has 0 unspecified atom stereocenters. The largest absolute Gasteiger partial charge is 0.361 e. The zero-order chi connectivity index (χ0) is 18.6. The molecule has 0 saturated carbocycles. The van der Waals surface area contributed by atoms with Gasteiger partial charge in [-0.3, -0.25) is 0 Å². The number of benzene rings is 2. The molecule has 0 fully saturated rings. The van der Waals surface area contributed by atoms with Crippen LogP contribution >= 0.6 is 0 Å². The number of aromatic amines is 1. The highest BCUT2D eigenvalue weighted by molar-refractivity contribution is 5.84. The van der Waals surface area contributed by atoms with Gasteiger partial charge in [0.25, 0.3) is 0 Å². The summed E-state index contributed by atoms with van der Waals surface area (Å²) in [5, 5.41) is 5.44. The van der Waals surface area contributed by atoms with Crippen LogP contribution in [0.1, 0.15) is 28.4 Å². The molecule has 0 bridgehead atoms. The van der Waals surface area contributed by atoms with Crippen molar-refractivity contribution < 1.29 is 4.52 Å². The van der Waals surface area contributed by atoms with Crippen LogP contribution in [-0.4, -0.2) is 40.7 Å². The third kappa shape index (κ3) is 4.26. The zero-order valence-corrected chi connectivity index (χ0v) is 15.8. The second-order valence-corrected chi connectivity index (χ2v) is 7.19. The standard InChI is InChI=1S/C22H24N4O/c1-26(2)11-10-18-15-23-20-9-8-17(12-19(18)20)13-21-24-22(27-25-21)14-16-6-4-3-5-7-16/h3-9,12,15,23H,10-11,13-14H2,1-2H3. The zero-order valence-electron chi connectivity index (χ0n) is 15.8. The first-order chi connectivity index (χ1) is 13.2. The molecule has 0 aliphatic heterocycles. The fourth-order valence-corrected chi connectivity index (χ4v) is 3.27. The lowest BCUT2D eigenvalue weighted by atomic mass is 10.1. The van der Waals surface area contributed by atoms with Gasteiger partial charge in [-0.1, -0.05) is 41.6 Å². The van der Waals surface area contributed by atoms with Crippen molar-refractivity contribution >= 4 is 10.9 Å². The monoisotopic (exact) mass is 360 g/mol. The summed E-state index contributed by atoms with van der Waals surface area (Å²) in [6, 6.07) is 16.7. The Labute approximate surface area is 159 Å². The van der Waals surface area contributed by atoms with Crippen LogP contribution in [0, 0.1) is 0 Å². The summed E-state index contributed by atoms with van der Waals surface area (Å²) in [4.78, 5) is 10.1. The molecular formula is C22H24N4O. The Morgan fingerprint density at radius 2 is 1.85 bits per heavy atom. The summed E-state index contributed by atoms with van der Waals surface area (Å²) < 4.78 is 5.43. The van der Waals surface area contributed by atoms with E-state index in [1.807, 2.05) is 18.2 Å². The minimum Gasteiger partial charge on any atom is -0.361 e. The molecule has 5 heteroatoms. The molecule has 0 aliphatic carbocycles. The van der Waals surface area contributed by atoms with E-state index in [0.717, 1.165) is 18.8 Å². The number of aromatic nitrogens is 3. The van der Waals surface area contributed by atoms with Crippen molar-refractivity contribution in [3.05, 3.63) is 83.1 Å². The molecule has 1 N–H and O–H groups in total. The van der Waals surface area contributed by atoms with Gasteiger partial charge in [-0.2, -0.15) is 4.98 Å². The van der Waals surface area contributed by atoms with E-state index in [9.17, 15) is 0 Å². The van der Waals surface area contributed by atoms with E-state index in [1.54, 1.807) is 0 Å². The molecule has 0 amide bonds. The van der Waals surface area contributed by atoms with E-state index in [-0.39, 0.29) is 0 Å². The van der Waals surface area contributed by atoms with Crippen LogP contribution in [0.5, 0.6) is 0 Å². The Hall–Kier alpha value is -2.92. The number of H-pyrrole nitrogens is 1. The molecule has 5 nitrogen and oxygen atoms in total. The van der Waals surface area contributed by atoms with Gasteiger partial charge in [-0.15, -0.1) is 0 Å². The average molecular weight is 360 g/mol. The third-order valence-electron chi connectivity index (χ3n) is 4.73. The van der Waals surface area contributed by atoms with E-state index >= 15 is 0 Å². The Kier molecular flexibility index (Phi) is 5.03. The molecule has 0 spiro atoms. The van der Waals surface area contributed by atoms with Crippen molar-refractivity contribution in [2.45, 2.75) is 19.3 Å². The van der Waals surface area contributed by atoms with Crippen molar-refractivity contribution in [1.82, 2.24) is 20.0 Å². The lowest BCUT2D eigenvalue weighted by molar-refractivity contribution is 0.380. The number of hydrogen-bond donors (Lipinski definition) is 1. The molecule has 2 aromatic carbocycles. The predicted octanol–water partition coefficient (Wildman–Crippen LogP) is 3.84. The van der Waals surface area contributed by atoms with Crippen LogP contribution in [0.25, 0.3) is 10.9 Å². The Balaban J connectivity index is 1.49. The first-order valence-corrected chi connectivity index (χ1v) is 9.26. The van der Waals surface area contributed by atoms with Crippen LogP contribution in [0.3, 0.4) is 0 Å². The van der Waals surface area contributed by atoms with Gasteiger partial charge in [-0.25, -0.2) is 0 Å². The molecule has 0 radical (unpaired) electrons. The fourth-order valence-electron chi connectivity index (χ4n) is 3.27. The normalized spacial score (nSPS) is 11.5. The first kappa shape index (κ1) is 17.5. The maximum atomic E-state index is 5.43. The van der Waals surface area contributed by atoms with Crippen molar-refractivity contribution in [2.24, 2.45) is 0 Å². The number of nitrogens with one attached hydrogen (secondary N) is 1. The van der Waals surface area contributed by atoms with Crippen molar-refractivity contribution in [2.75, 3.05) is 20.6 Å². The van der Waals surface area contributed by atoms with Gasteiger partial charge in [0.1, 0.15) is 0 Å². The molecule has 2 aromatic heterocycles. The number of likely N-dealkylation sites (N-methyl/N-ethyl adjacent to an activating group) is 1. The second-order valence-electron chi connectivity index (χ2n) is 7.19. The summed E-state index contributed by atoms with van der Waals surface area (Å²) >= 11 is 0. The molecular weight excluding hydrogens is 336 g/mol. The van der Waals surface area contributed by atoms with Gasteiger partial charge >= 0.3 is 0 Å². The molecule has 2 heterocycles. The van der Waals surface area contributed by atoms with Gasteiger partial charge in [0.2, 0.25) is 5.89 Å². The summed E-state index contributed by atoms with van der Waals surface area (Å²) in [6.45, 7) is 1.03. The number of hydrogen-bond acceptors (Lipinski definition) is 4. The fraction of sp³-hybridized carbons (Fsp3) is 0.273. The van der Waals surface area contributed by atoms with Crippen molar-refractivity contribution in [3.8, 4) is 0 Å². The highest BCUT2D eigenvalue weighted by Crippen LogP contribution is 2.22. The van der Waals surface area contributed by atoms with Crippen LogP contribution in [0.2, 0.25) is 0 Å². The minimum absolute atomic E-state index is 0.658. The molecule has 4 aromatic rings. The second kappa shape index (κ2) is 7.76. The maximum absolute atomic E-state index is 5.43. The van der Waals surface area contributed by atoms with E-state index in [4.69, 9.17) is 4.52 Å². The summed E-state index contributed by atoms with van der Waals surface area (Å²) in [5.41, 5.74) is 4.89. The molecule has 27 heavy (non-hydrogen) atoms. The van der Waals surface area contributed by atoms with Gasteiger partial charge in [-0.05, 0) is 49.3 Å². The predicted molar refractivity (Wildman–Crippen MR) is 107 cm³/mol. The topological polar surface area (TPSA) is 58.0 Å². The highest BCUT2D eigenvalue weighted by Gasteiger charge is 2.10. The number of nitrogens with zero attached hydrogens (tertiary/aromatic N) is 3. The number of rotatable bonds is 7. The van der Waals surface area contributed by atoms with Crippen molar-refractivity contribution in [3.63, 3.8) is 0 Å². The Morgan fingerprint density at radius 3 is 2.67 bits per heavy atom. The lowest BCUT2D eigenvalue weighted by Gasteiger charge is -2.08. The van der Waals surface area contributed by atoms with Crippen LogP contribution < -0.4 is 0 Å². The molecule has 0 atom stereocenters. The minimum atomic E-state index is 0.658. The van der Waals surface area contributed by atoms with E-state index < -0.39 is 0 Å². The van der Waals surface area contributed by atoms with Crippen LogP contribution in [-0.2, 0) is 19.3 Å². The van der Waals surface area contributed by atoms with Crippen LogP contribution in [0.4, 0.5) is 0 Å². The van der Waals surface area contributed by atoms with Gasteiger partial charge in [0.05, 0.1) is 6.42 Å². The molecule has 4 rings (SSSR count). The first-order valence-electron chi connectivity index (χ1n) is 9.26. The molecule has 138 valence electrons. The molecule has 0 aliphatic rings. The Morgan fingerprint density at radius 1 is 1.00 bits per heavy atom. The Bertz CT molecular complexity index is 1020. The van der Waals surface area contributed by atoms with Gasteiger partial charge in [0.15, 0.2) is 5.82 Å². The average Bonchev–Trinajstić information content (AvgIpc) is 3.27. The molecule has 0 saturated heterocycles. The summed E-state index contributed by atoms with van der Waals surface area (Å²) in [5.74, 6) is 1.39. The maximum Gasteiger partial charge on any atom is 0.231 e. The van der Waals surface area contributed by atoms with E-state index in [0.29, 0.717) is 18.7 Å². The SMILES string of the molecule is CN(C)CCc1c[nH]c2ccc(Cc3noc(Cc4ccccc4)n3)cc12. The third-order valence-corrected chi connectivity index (χ3v) is 4.73. The van der Waals surface area contributed by atoms with E-state index in [1.165, 1.54) is 27.6 Å². The van der Waals surface area contributed by atoms with Gasteiger partial charge in [0, 0.05) is 30.1 Å². The summed E-state index contributed by atoms with van der Waals surface area (Å²) in [6.07, 6.45) is 4.48. The summed E-state index contributed by atoms with van der Waals surface area (Å²) in [7, 11) is 4.20. The highest BCUT2D eigenvalue weighted by atomic mass is 16.5. The van der Waals surface area contributed by atoms with Gasteiger partial charge < -0.3 is 14.4 Å².